The van der Waals surface area contributed by atoms with Gasteiger partial charge in [0.25, 0.3) is 11.1 Å². The fraction of sp³-hybridized carbons (Fsp3) is 0.0526. The first-order valence-corrected chi connectivity index (χ1v) is 8.69. The molecule has 1 N–H and O–H groups in total. The third kappa shape index (κ3) is 4.24. The van der Waals surface area contributed by atoms with E-state index in [-0.39, 0.29) is 10.6 Å². The molecule has 0 unspecified atom stereocenters. The Morgan fingerprint density at radius 2 is 1.89 bits per heavy atom. The lowest BCUT2D eigenvalue weighted by atomic mass is 10.1. The number of hydrogen-bond acceptors (Lipinski definition) is 5. The van der Waals surface area contributed by atoms with Gasteiger partial charge in [-0.15, -0.1) is 0 Å². The van der Waals surface area contributed by atoms with Crippen LogP contribution in [0.4, 0.5) is 19.3 Å². The summed E-state index contributed by atoms with van der Waals surface area (Å²) >= 11 is 0.670. The smallest absolute Gasteiger partial charge is 0.294 e. The van der Waals surface area contributed by atoms with Crippen LogP contribution >= 0.6 is 11.8 Å². The number of nitriles is 1. The minimum absolute atomic E-state index is 0.121. The minimum Gasteiger partial charge on any atom is -0.322 e. The van der Waals surface area contributed by atoms with Gasteiger partial charge in [-0.1, -0.05) is 12.1 Å². The number of thioether (sulfide) groups is 1. The summed E-state index contributed by atoms with van der Waals surface area (Å²) in [6, 6.07) is 11.0. The summed E-state index contributed by atoms with van der Waals surface area (Å²) in [6.07, 6.45) is 1.48. The van der Waals surface area contributed by atoms with Crippen molar-refractivity contribution in [1.29, 1.82) is 5.26 Å². The van der Waals surface area contributed by atoms with E-state index in [1.54, 1.807) is 24.3 Å². The zero-order valence-corrected chi connectivity index (χ0v) is 14.9. The molecule has 3 rings (SSSR count). The number of carbonyl (C=O) groups is 3. The zero-order valence-electron chi connectivity index (χ0n) is 14.1. The Kier molecular flexibility index (Phi) is 5.52. The lowest BCUT2D eigenvalue weighted by molar-refractivity contribution is -0.127. The van der Waals surface area contributed by atoms with Crippen LogP contribution in [0.25, 0.3) is 6.08 Å². The highest BCUT2D eigenvalue weighted by atomic mass is 32.2. The van der Waals surface area contributed by atoms with Crippen LogP contribution in [0.1, 0.15) is 11.1 Å². The highest BCUT2D eigenvalue weighted by Gasteiger charge is 2.36. The van der Waals surface area contributed by atoms with Gasteiger partial charge in [0.1, 0.15) is 18.2 Å². The molecule has 6 nitrogen and oxygen atoms in total. The lowest BCUT2D eigenvalue weighted by Gasteiger charge is -2.12. The van der Waals surface area contributed by atoms with Crippen LogP contribution in [0.2, 0.25) is 0 Å². The maximum Gasteiger partial charge on any atom is 0.294 e. The number of nitrogens with zero attached hydrogens (tertiary/aromatic N) is 2. The second-order valence-electron chi connectivity index (χ2n) is 5.67. The fourth-order valence-corrected chi connectivity index (χ4v) is 3.20. The number of imide groups is 1. The Balaban J connectivity index is 1.70. The maximum absolute atomic E-state index is 13.6. The molecule has 2 aromatic carbocycles. The molecule has 3 amide bonds. The summed E-state index contributed by atoms with van der Waals surface area (Å²) in [5.74, 6) is -3.22. The summed E-state index contributed by atoms with van der Waals surface area (Å²) < 4.78 is 26.5. The van der Waals surface area contributed by atoms with Crippen LogP contribution in [0.3, 0.4) is 0 Å². The van der Waals surface area contributed by atoms with E-state index in [1.807, 2.05) is 6.07 Å². The van der Waals surface area contributed by atoms with Crippen LogP contribution in [-0.2, 0) is 9.59 Å². The van der Waals surface area contributed by atoms with Crippen molar-refractivity contribution in [3.63, 3.8) is 0 Å². The SMILES string of the molecule is N#Cc1ccc(/C=C2/SC(=O)N(CC(=O)Nc3ccc(F)cc3F)C2=O)cc1. The molecule has 1 fully saturated rings. The Bertz CT molecular complexity index is 1050. The van der Waals surface area contributed by atoms with E-state index in [0.717, 1.165) is 17.0 Å². The molecule has 1 aliphatic heterocycles. The molecule has 28 heavy (non-hydrogen) atoms. The Hall–Kier alpha value is -3.51. The summed E-state index contributed by atoms with van der Waals surface area (Å²) in [5, 5.41) is 10.3. The third-order valence-corrected chi connectivity index (χ3v) is 4.63. The van der Waals surface area contributed by atoms with Crippen LogP contribution in [0.5, 0.6) is 0 Å². The van der Waals surface area contributed by atoms with E-state index in [1.165, 1.54) is 6.08 Å². The van der Waals surface area contributed by atoms with Gasteiger partial charge in [0.05, 0.1) is 22.2 Å². The number of halogens is 2. The van der Waals surface area contributed by atoms with Crippen LogP contribution < -0.4 is 5.32 Å². The molecule has 140 valence electrons. The van der Waals surface area contributed by atoms with E-state index >= 15 is 0 Å². The monoisotopic (exact) mass is 399 g/mol. The topological polar surface area (TPSA) is 90.3 Å². The van der Waals surface area contributed by atoms with Gasteiger partial charge in [-0.3, -0.25) is 19.3 Å². The molecule has 0 radical (unpaired) electrons. The largest absolute Gasteiger partial charge is 0.322 e. The summed E-state index contributed by atoms with van der Waals surface area (Å²) in [5.41, 5.74) is 0.809. The molecule has 0 atom stereocenters. The number of anilines is 1. The molecule has 0 aromatic heterocycles. The van der Waals surface area contributed by atoms with Gasteiger partial charge < -0.3 is 5.32 Å². The number of hydrogen-bond donors (Lipinski definition) is 1. The first-order valence-electron chi connectivity index (χ1n) is 7.88. The van der Waals surface area contributed by atoms with Crippen molar-refractivity contribution in [1.82, 2.24) is 4.90 Å². The van der Waals surface area contributed by atoms with Gasteiger partial charge in [-0.25, -0.2) is 8.78 Å². The standard InChI is InChI=1S/C19H11F2N3O3S/c20-13-5-6-15(14(21)8-13)23-17(25)10-24-18(26)16(28-19(24)27)7-11-1-3-12(9-22)4-2-11/h1-8H,10H2,(H,23,25)/b16-7+. The average Bonchev–Trinajstić information content (AvgIpc) is 2.92. The molecular formula is C19H11F2N3O3S. The highest BCUT2D eigenvalue weighted by molar-refractivity contribution is 8.18. The fourth-order valence-electron chi connectivity index (χ4n) is 2.37. The van der Waals surface area contributed by atoms with Crippen molar-refractivity contribution in [3.8, 4) is 6.07 Å². The maximum atomic E-state index is 13.6. The van der Waals surface area contributed by atoms with E-state index in [2.05, 4.69) is 5.32 Å². The summed E-state index contributed by atoms with van der Waals surface area (Å²) in [4.78, 5) is 37.4. The van der Waals surface area contributed by atoms with Crippen molar-refractivity contribution < 1.29 is 23.2 Å². The van der Waals surface area contributed by atoms with Crippen molar-refractivity contribution >= 4 is 40.6 Å². The molecule has 0 saturated carbocycles. The number of benzene rings is 2. The third-order valence-electron chi connectivity index (χ3n) is 3.72. The molecule has 1 heterocycles. The predicted molar refractivity (Wildman–Crippen MR) is 98.8 cm³/mol. The molecule has 2 aromatic rings. The van der Waals surface area contributed by atoms with Gasteiger partial charge in [-0.2, -0.15) is 5.26 Å². The van der Waals surface area contributed by atoms with Crippen LogP contribution in [-0.4, -0.2) is 28.5 Å². The number of carbonyl (C=O) groups excluding carboxylic acids is 3. The second-order valence-corrected chi connectivity index (χ2v) is 6.67. The first-order chi connectivity index (χ1) is 13.4. The van der Waals surface area contributed by atoms with Crippen molar-refractivity contribution in [2.45, 2.75) is 0 Å². The van der Waals surface area contributed by atoms with Gasteiger partial charge in [-0.05, 0) is 47.7 Å². The quantitative estimate of drug-likeness (QED) is 0.795. The van der Waals surface area contributed by atoms with Crippen molar-refractivity contribution in [2.75, 3.05) is 11.9 Å². The van der Waals surface area contributed by atoms with E-state index in [9.17, 15) is 23.2 Å². The second kappa shape index (κ2) is 8.02. The average molecular weight is 399 g/mol. The van der Waals surface area contributed by atoms with Crippen LogP contribution in [0, 0.1) is 23.0 Å². The number of nitrogens with one attached hydrogen (secondary N) is 1. The molecule has 1 aliphatic rings. The molecule has 0 spiro atoms. The summed E-state index contributed by atoms with van der Waals surface area (Å²) in [7, 11) is 0. The normalized spacial score (nSPS) is 15.0. The van der Waals surface area contributed by atoms with Gasteiger partial charge in [0.15, 0.2) is 0 Å². The molecular weight excluding hydrogens is 388 g/mol. The van der Waals surface area contributed by atoms with Crippen molar-refractivity contribution in [3.05, 3.63) is 70.1 Å². The minimum atomic E-state index is -0.969. The van der Waals surface area contributed by atoms with Gasteiger partial charge >= 0.3 is 0 Å². The highest BCUT2D eigenvalue weighted by Crippen LogP contribution is 2.32. The number of amides is 3. The molecule has 1 saturated heterocycles. The molecule has 9 heteroatoms. The van der Waals surface area contributed by atoms with Gasteiger partial charge in [0, 0.05) is 6.07 Å². The van der Waals surface area contributed by atoms with E-state index < -0.39 is 35.2 Å². The Morgan fingerprint density at radius 3 is 2.54 bits per heavy atom. The van der Waals surface area contributed by atoms with Crippen LogP contribution in [0.15, 0.2) is 47.4 Å². The van der Waals surface area contributed by atoms with E-state index in [4.69, 9.17) is 5.26 Å². The van der Waals surface area contributed by atoms with Crippen molar-refractivity contribution in [2.24, 2.45) is 0 Å². The summed E-state index contributed by atoms with van der Waals surface area (Å²) in [6.45, 7) is -0.605. The molecule has 0 aliphatic carbocycles. The van der Waals surface area contributed by atoms with E-state index in [0.29, 0.717) is 29.0 Å². The predicted octanol–water partition coefficient (Wildman–Crippen LogP) is 3.51. The molecule has 0 bridgehead atoms. The Labute approximate surface area is 162 Å². The number of rotatable bonds is 4. The Morgan fingerprint density at radius 1 is 1.18 bits per heavy atom. The zero-order chi connectivity index (χ0) is 20.3. The van der Waals surface area contributed by atoms with Gasteiger partial charge in [0.2, 0.25) is 5.91 Å². The first kappa shape index (κ1) is 19.3. The lowest BCUT2D eigenvalue weighted by Crippen LogP contribution is -2.36.